The third kappa shape index (κ3) is 2.76. The summed E-state index contributed by atoms with van der Waals surface area (Å²) in [6.45, 7) is 2.23. The highest BCUT2D eigenvalue weighted by Gasteiger charge is 2.11. The lowest BCUT2D eigenvalue weighted by atomic mass is 10.2. The summed E-state index contributed by atoms with van der Waals surface area (Å²) in [5.74, 6) is 1.16. The van der Waals surface area contributed by atoms with Crippen LogP contribution in [0.1, 0.15) is 11.3 Å². The van der Waals surface area contributed by atoms with Gasteiger partial charge in [-0.05, 0) is 18.6 Å². The Morgan fingerprint density at radius 3 is 2.68 bits per heavy atom. The molecule has 0 saturated heterocycles. The number of methoxy groups -OCH3 is 2. The molecule has 0 spiro atoms. The maximum atomic E-state index is 11.9. The molecule has 2 rings (SSSR count). The van der Waals surface area contributed by atoms with Crippen LogP contribution < -0.4 is 15.0 Å². The normalized spacial score (nSPS) is 10.3. The fourth-order valence-electron chi connectivity index (χ4n) is 1.86. The highest BCUT2D eigenvalue weighted by molar-refractivity contribution is 5.42. The fraction of sp³-hybridized carbons (Fsp3) is 0.286. The average molecular weight is 260 g/mol. The van der Waals surface area contributed by atoms with Gasteiger partial charge in [0.15, 0.2) is 11.5 Å². The minimum Gasteiger partial charge on any atom is -0.493 e. The zero-order valence-corrected chi connectivity index (χ0v) is 11.2. The summed E-state index contributed by atoms with van der Waals surface area (Å²) in [7, 11) is 3.13. The van der Waals surface area contributed by atoms with Crippen molar-refractivity contribution in [2.45, 2.75) is 13.5 Å². The van der Waals surface area contributed by atoms with E-state index in [1.165, 1.54) is 0 Å². The molecule has 0 aliphatic carbocycles. The summed E-state index contributed by atoms with van der Waals surface area (Å²) in [5.41, 5.74) is 1.53. The van der Waals surface area contributed by atoms with Gasteiger partial charge in [0.1, 0.15) is 5.69 Å². The molecule has 5 heteroatoms. The van der Waals surface area contributed by atoms with Crippen LogP contribution in [0.5, 0.6) is 11.5 Å². The van der Waals surface area contributed by atoms with Gasteiger partial charge in [-0.2, -0.15) is 0 Å². The van der Waals surface area contributed by atoms with Crippen molar-refractivity contribution in [1.82, 2.24) is 9.55 Å². The Balaban J connectivity index is 2.40. The molecule has 0 aromatic carbocycles. The van der Waals surface area contributed by atoms with E-state index in [4.69, 9.17) is 9.47 Å². The Kier molecular flexibility index (Phi) is 3.85. The van der Waals surface area contributed by atoms with Crippen LogP contribution in [0.25, 0.3) is 0 Å². The van der Waals surface area contributed by atoms with Gasteiger partial charge in [0, 0.05) is 24.5 Å². The lowest BCUT2D eigenvalue weighted by Gasteiger charge is -2.12. The lowest BCUT2D eigenvalue weighted by Crippen LogP contribution is -2.20. The van der Waals surface area contributed by atoms with Crippen molar-refractivity contribution in [2.75, 3.05) is 14.2 Å². The first-order valence-corrected chi connectivity index (χ1v) is 5.88. The van der Waals surface area contributed by atoms with Gasteiger partial charge in [-0.1, -0.05) is 0 Å². The van der Waals surface area contributed by atoms with Crippen LogP contribution in [0.3, 0.4) is 0 Å². The molecular weight excluding hydrogens is 244 g/mol. The zero-order valence-electron chi connectivity index (χ0n) is 11.2. The number of aryl methyl sites for hydroxylation is 1. The molecule has 0 N–H and O–H groups in total. The number of ether oxygens (including phenoxy) is 2. The molecular formula is C14H16N2O3. The molecule has 0 aliphatic rings. The summed E-state index contributed by atoms with van der Waals surface area (Å²) in [4.78, 5) is 16.1. The number of rotatable bonds is 4. The Labute approximate surface area is 111 Å². The quantitative estimate of drug-likeness (QED) is 0.838. The number of hydrogen-bond acceptors (Lipinski definition) is 4. The average Bonchev–Trinajstić information content (AvgIpc) is 2.41. The minimum atomic E-state index is -0.0633. The van der Waals surface area contributed by atoms with E-state index in [0.717, 1.165) is 5.56 Å². The van der Waals surface area contributed by atoms with E-state index in [0.29, 0.717) is 23.7 Å². The predicted molar refractivity (Wildman–Crippen MR) is 71.9 cm³/mol. The summed E-state index contributed by atoms with van der Waals surface area (Å²) in [6.07, 6.45) is 3.38. The highest BCUT2D eigenvalue weighted by Crippen LogP contribution is 2.29. The van der Waals surface area contributed by atoms with Gasteiger partial charge in [-0.15, -0.1) is 0 Å². The third-order valence-electron chi connectivity index (χ3n) is 2.84. The van der Waals surface area contributed by atoms with Gasteiger partial charge in [0.2, 0.25) is 0 Å². The molecule has 0 bridgehead atoms. The van der Waals surface area contributed by atoms with Crippen molar-refractivity contribution in [3.63, 3.8) is 0 Å². The highest BCUT2D eigenvalue weighted by atomic mass is 16.5. The van der Waals surface area contributed by atoms with E-state index < -0.39 is 0 Å². The first kappa shape index (κ1) is 13.1. The lowest BCUT2D eigenvalue weighted by molar-refractivity contribution is 0.348. The largest absolute Gasteiger partial charge is 0.493 e. The van der Waals surface area contributed by atoms with Crippen molar-refractivity contribution in [1.29, 1.82) is 0 Å². The molecule has 0 unspecified atom stereocenters. The molecule has 100 valence electrons. The van der Waals surface area contributed by atoms with E-state index in [2.05, 4.69) is 4.98 Å². The second-order valence-electron chi connectivity index (χ2n) is 4.16. The molecule has 0 aliphatic heterocycles. The van der Waals surface area contributed by atoms with Crippen molar-refractivity contribution < 1.29 is 9.47 Å². The predicted octanol–water partition coefficient (Wildman–Crippen LogP) is 1.62. The Morgan fingerprint density at radius 1 is 1.26 bits per heavy atom. The summed E-state index contributed by atoms with van der Waals surface area (Å²) in [6, 6.07) is 5.20. The maximum absolute atomic E-state index is 11.9. The van der Waals surface area contributed by atoms with Crippen LogP contribution in [-0.2, 0) is 6.54 Å². The van der Waals surface area contributed by atoms with Gasteiger partial charge in [0.25, 0.3) is 5.56 Å². The van der Waals surface area contributed by atoms with Crippen LogP contribution in [0.2, 0.25) is 0 Å². The second kappa shape index (κ2) is 5.56. The smallest absolute Gasteiger partial charge is 0.251 e. The number of aromatic nitrogens is 2. The SMILES string of the molecule is COc1ccnc(Cn2ccc(C)cc2=O)c1OC. The first-order chi connectivity index (χ1) is 9.15. The van der Waals surface area contributed by atoms with Crippen LogP contribution >= 0.6 is 0 Å². The second-order valence-corrected chi connectivity index (χ2v) is 4.16. The molecule has 2 heterocycles. The van der Waals surface area contributed by atoms with Gasteiger partial charge < -0.3 is 14.0 Å². The zero-order chi connectivity index (χ0) is 13.8. The summed E-state index contributed by atoms with van der Waals surface area (Å²) < 4.78 is 12.1. The summed E-state index contributed by atoms with van der Waals surface area (Å²) >= 11 is 0. The first-order valence-electron chi connectivity index (χ1n) is 5.88. The van der Waals surface area contributed by atoms with Crippen molar-refractivity contribution in [2.24, 2.45) is 0 Å². The van der Waals surface area contributed by atoms with Crippen LogP contribution in [0.4, 0.5) is 0 Å². The standard InChI is InChI=1S/C14H16N2O3/c1-10-5-7-16(13(17)8-10)9-11-14(19-3)12(18-2)4-6-15-11/h4-8H,9H2,1-3H3. The minimum absolute atomic E-state index is 0.0633. The van der Waals surface area contributed by atoms with Gasteiger partial charge in [-0.25, -0.2) is 0 Å². The molecule has 0 amide bonds. The Morgan fingerprint density at radius 2 is 2.05 bits per heavy atom. The van der Waals surface area contributed by atoms with Crippen LogP contribution in [0, 0.1) is 6.92 Å². The fourth-order valence-corrected chi connectivity index (χ4v) is 1.86. The van der Waals surface area contributed by atoms with Gasteiger partial charge in [-0.3, -0.25) is 9.78 Å². The third-order valence-corrected chi connectivity index (χ3v) is 2.84. The molecule has 0 atom stereocenters. The van der Waals surface area contributed by atoms with Crippen LogP contribution in [-0.4, -0.2) is 23.8 Å². The molecule has 2 aromatic rings. The molecule has 0 fully saturated rings. The van der Waals surface area contributed by atoms with E-state index in [1.54, 1.807) is 43.3 Å². The topological polar surface area (TPSA) is 53.4 Å². The van der Waals surface area contributed by atoms with Crippen molar-refractivity contribution >= 4 is 0 Å². The van der Waals surface area contributed by atoms with Crippen molar-refractivity contribution in [3.05, 3.63) is 52.2 Å². The van der Waals surface area contributed by atoms with E-state index >= 15 is 0 Å². The number of nitrogens with zero attached hydrogens (tertiary/aromatic N) is 2. The van der Waals surface area contributed by atoms with E-state index in [9.17, 15) is 4.79 Å². The molecule has 0 radical (unpaired) electrons. The van der Waals surface area contributed by atoms with Crippen molar-refractivity contribution in [3.8, 4) is 11.5 Å². The molecule has 5 nitrogen and oxygen atoms in total. The van der Waals surface area contributed by atoms with Gasteiger partial charge in [0.05, 0.1) is 20.8 Å². The Hall–Kier alpha value is -2.30. The monoisotopic (exact) mass is 260 g/mol. The number of pyridine rings is 2. The van der Waals surface area contributed by atoms with E-state index in [1.807, 2.05) is 13.0 Å². The van der Waals surface area contributed by atoms with E-state index in [-0.39, 0.29) is 5.56 Å². The van der Waals surface area contributed by atoms with Gasteiger partial charge >= 0.3 is 0 Å². The number of hydrogen-bond donors (Lipinski definition) is 0. The molecule has 2 aromatic heterocycles. The maximum Gasteiger partial charge on any atom is 0.251 e. The van der Waals surface area contributed by atoms with Crippen LogP contribution in [0.15, 0.2) is 35.4 Å². The summed E-state index contributed by atoms with van der Waals surface area (Å²) in [5, 5.41) is 0. The molecule has 0 saturated carbocycles. The Bertz CT molecular complexity index is 635. The molecule has 19 heavy (non-hydrogen) atoms.